The number of aliphatic hydroxyl groups is 1. The molecule has 4 nitrogen and oxygen atoms in total. The van der Waals surface area contributed by atoms with Crippen LogP contribution in [-0.2, 0) is 17.5 Å². The van der Waals surface area contributed by atoms with Crippen LogP contribution in [0.2, 0.25) is 0 Å². The summed E-state index contributed by atoms with van der Waals surface area (Å²) < 4.78 is 39.4. The smallest absolute Gasteiger partial charge is 0.393 e. The second kappa shape index (κ2) is 10.1. The quantitative estimate of drug-likeness (QED) is 0.351. The van der Waals surface area contributed by atoms with Gasteiger partial charge in [-0.15, -0.1) is 11.8 Å². The summed E-state index contributed by atoms with van der Waals surface area (Å²) in [6, 6.07) is 5.72. The van der Waals surface area contributed by atoms with E-state index < -0.39 is 17.8 Å². The lowest BCUT2D eigenvalue weighted by molar-refractivity contribution is -0.169. The zero-order valence-electron chi connectivity index (χ0n) is 28.0. The lowest BCUT2D eigenvalue weighted by Gasteiger charge is -2.63. The highest BCUT2D eigenvalue weighted by Gasteiger charge is 2.86. The summed E-state index contributed by atoms with van der Waals surface area (Å²) in [7, 11) is 2.00. The number of hydrogen-bond donors (Lipinski definition) is 1. The van der Waals surface area contributed by atoms with E-state index in [1.54, 1.807) is 12.1 Å². The van der Waals surface area contributed by atoms with Gasteiger partial charge in [-0.05, 0) is 98.3 Å². The van der Waals surface area contributed by atoms with Crippen molar-refractivity contribution in [2.75, 3.05) is 12.8 Å². The van der Waals surface area contributed by atoms with Gasteiger partial charge < -0.3 is 5.11 Å². The van der Waals surface area contributed by atoms with E-state index in [0.29, 0.717) is 43.0 Å². The zero-order chi connectivity index (χ0) is 32.5. The summed E-state index contributed by atoms with van der Waals surface area (Å²) in [6.45, 7) is 14.3. The van der Waals surface area contributed by atoms with Crippen LogP contribution < -0.4 is 0 Å². The fourth-order valence-corrected chi connectivity index (χ4v) is 13.9. The minimum atomic E-state index is -4.35. The molecule has 7 rings (SSSR count). The predicted octanol–water partition coefficient (Wildman–Crippen LogP) is 8.26. The first kappa shape index (κ1) is 32.2. The molecule has 5 saturated carbocycles. The fourth-order valence-electron chi connectivity index (χ4n) is 12.5. The van der Waals surface area contributed by atoms with Crippen LogP contribution >= 0.6 is 11.8 Å². The summed E-state index contributed by atoms with van der Waals surface area (Å²) in [4.78, 5) is 22.2. The van der Waals surface area contributed by atoms with Crippen LogP contribution in [0, 0.1) is 50.7 Å². The highest BCUT2D eigenvalue weighted by molar-refractivity contribution is 8.14. The van der Waals surface area contributed by atoms with Crippen molar-refractivity contribution in [2.45, 2.75) is 117 Å². The minimum absolute atomic E-state index is 0.0397. The van der Waals surface area contributed by atoms with Gasteiger partial charge in [0, 0.05) is 47.4 Å². The molecule has 1 N–H and O–H groups in total. The minimum Gasteiger partial charge on any atom is -0.393 e. The molecule has 0 amide bonds. The number of nitrogens with zero attached hydrogens (tertiary/aromatic N) is 2. The van der Waals surface area contributed by atoms with Crippen LogP contribution in [0.15, 0.2) is 29.3 Å². The van der Waals surface area contributed by atoms with Gasteiger partial charge >= 0.3 is 6.18 Å². The van der Waals surface area contributed by atoms with E-state index in [9.17, 15) is 23.1 Å². The number of fused-ring (bicyclic) bond motifs is 4. The number of aliphatic hydroxyl groups excluding tert-OH is 1. The predicted molar refractivity (Wildman–Crippen MR) is 174 cm³/mol. The molecule has 0 radical (unpaired) electrons. The average molecular weight is 645 g/mol. The molecule has 0 bridgehead atoms. The van der Waals surface area contributed by atoms with Crippen LogP contribution in [0.1, 0.15) is 97.6 Å². The standard InChI is InChI=1S/C37H51F3N2O2S/c1-21(2)31-41-28-14-15-35-19-36(35)27(13-12-26(35)32(28,4)20-45-31)33(5)16-25(43)30(34(33,6)17-29(36)44)22(3)42(7)18-23-8-10-24(11-9-23)37(38,39)40/h8-11,21-22,25-28,30,43H,12-20H2,1-7H3/t22-,25+,26-,27-,28-,30-,32-,33-,34+,35+,36-/m0/s1. The highest BCUT2D eigenvalue weighted by Crippen LogP contribution is 2.88. The zero-order valence-corrected chi connectivity index (χ0v) is 28.8. The summed E-state index contributed by atoms with van der Waals surface area (Å²) in [6.07, 6.45) is 1.76. The molecule has 1 heterocycles. The van der Waals surface area contributed by atoms with Gasteiger partial charge in [-0.3, -0.25) is 14.7 Å². The van der Waals surface area contributed by atoms with Crippen LogP contribution in [0.5, 0.6) is 0 Å². The fraction of sp³-hybridized carbons (Fsp3) is 0.784. The number of carbonyl (C=O) groups excluding carboxylic acids is 1. The van der Waals surface area contributed by atoms with E-state index >= 15 is 0 Å². The first-order valence-electron chi connectivity index (χ1n) is 17.2. The van der Waals surface area contributed by atoms with Crippen molar-refractivity contribution in [1.82, 2.24) is 4.90 Å². The molecule has 5 aliphatic carbocycles. The molecule has 1 aliphatic heterocycles. The molecule has 248 valence electrons. The number of benzene rings is 1. The van der Waals surface area contributed by atoms with Gasteiger partial charge in [0.1, 0.15) is 5.78 Å². The van der Waals surface area contributed by atoms with Crippen molar-refractivity contribution in [3.05, 3.63) is 35.4 Å². The number of Topliss-reactive ketones (excluding diaryl/α,β-unsaturated/α-hetero) is 1. The topological polar surface area (TPSA) is 52.9 Å². The second-order valence-electron chi connectivity index (χ2n) is 17.0. The van der Waals surface area contributed by atoms with Crippen molar-refractivity contribution in [3.8, 4) is 0 Å². The van der Waals surface area contributed by atoms with E-state index in [1.165, 1.54) is 5.04 Å². The molecule has 0 saturated heterocycles. The molecule has 8 heteroatoms. The van der Waals surface area contributed by atoms with Crippen molar-refractivity contribution < 1.29 is 23.1 Å². The maximum absolute atomic E-state index is 14.8. The largest absolute Gasteiger partial charge is 0.416 e. The summed E-state index contributed by atoms with van der Waals surface area (Å²) in [5.74, 6) is 2.74. The first-order valence-corrected chi connectivity index (χ1v) is 18.2. The van der Waals surface area contributed by atoms with Crippen LogP contribution in [0.3, 0.4) is 0 Å². The Morgan fingerprint density at radius 1 is 1.04 bits per heavy atom. The van der Waals surface area contributed by atoms with E-state index in [-0.39, 0.29) is 45.0 Å². The Morgan fingerprint density at radius 2 is 1.71 bits per heavy atom. The molecule has 45 heavy (non-hydrogen) atoms. The number of thioether (sulfide) groups is 1. The first-order chi connectivity index (χ1) is 20.9. The average Bonchev–Trinajstić information content (AvgIpc) is 3.60. The van der Waals surface area contributed by atoms with Crippen molar-refractivity contribution in [2.24, 2.45) is 55.7 Å². The second-order valence-corrected chi connectivity index (χ2v) is 18.0. The third-order valence-corrected chi connectivity index (χ3v) is 16.5. The normalized spacial score (nSPS) is 46.1. The summed E-state index contributed by atoms with van der Waals surface area (Å²) in [5.41, 5.74) is -0.365. The molecular formula is C37H51F3N2O2S. The number of aliphatic imine (C=N–C) groups is 1. The van der Waals surface area contributed by atoms with Gasteiger partial charge in [0.25, 0.3) is 0 Å². The van der Waals surface area contributed by atoms with Crippen LogP contribution in [-0.4, -0.2) is 51.8 Å². The molecule has 11 atom stereocenters. The van der Waals surface area contributed by atoms with Crippen molar-refractivity contribution >= 4 is 22.6 Å². The lowest BCUT2D eigenvalue weighted by Crippen LogP contribution is -2.62. The Bertz CT molecular complexity index is 1410. The molecule has 2 spiro atoms. The number of carbonyl (C=O) groups is 1. The van der Waals surface area contributed by atoms with Gasteiger partial charge in [-0.1, -0.05) is 46.8 Å². The maximum Gasteiger partial charge on any atom is 0.416 e. The number of alkyl halides is 3. The summed E-state index contributed by atoms with van der Waals surface area (Å²) >= 11 is 1.96. The third kappa shape index (κ3) is 4.19. The van der Waals surface area contributed by atoms with Crippen molar-refractivity contribution in [3.63, 3.8) is 0 Å². The molecular weight excluding hydrogens is 593 g/mol. The Balaban J connectivity index is 1.15. The molecule has 0 unspecified atom stereocenters. The van der Waals surface area contributed by atoms with Crippen LogP contribution in [0.4, 0.5) is 13.2 Å². The van der Waals surface area contributed by atoms with E-state index in [2.05, 4.69) is 46.4 Å². The number of rotatable bonds is 5. The molecule has 6 aliphatic rings. The van der Waals surface area contributed by atoms with Gasteiger partial charge in [0.15, 0.2) is 0 Å². The molecule has 1 aromatic rings. The third-order valence-electron chi connectivity index (χ3n) is 14.9. The molecule has 0 aromatic heterocycles. The van der Waals surface area contributed by atoms with Gasteiger partial charge in [-0.2, -0.15) is 13.2 Å². The Morgan fingerprint density at radius 3 is 2.36 bits per heavy atom. The lowest BCUT2D eigenvalue weighted by atomic mass is 9.41. The number of hydrogen-bond acceptors (Lipinski definition) is 5. The Labute approximate surface area is 271 Å². The van der Waals surface area contributed by atoms with Gasteiger partial charge in [-0.25, -0.2) is 0 Å². The molecule has 1 aromatic carbocycles. The monoisotopic (exact) mass is 644 g/mol. The van der Waals surface area contributed by atoms with Crippen molar-refractivity contribution in [1.29, 1.82) is 0 Å². The van der Waals surface area contributed by atoms with Crippen LogP contribution in [0.25, 0.3) is 0 Å². The number of halogens is 3. The highest BCUT2D eigenvalue weighted by atomic mass is 32.2. The van der Waals surface area contributed by atoms with E-state index in [1.807, 2.05) is 18.8 Å². The van der Waals surface area contributed by atoms with E-state index in [4.69, 9.17) is 4.99 Å². The maximum atomic E-state index is 14.8. The van der Waals surface area contributed by atoms with Gasteiger partial charge in [0.2, 0.25) is 0 Å². The Kier molecular flexibility index (Phi) is 7.20. The SMILES string of the molecule is CC(C)C1=N[C@H]2CC[C@]34C[C@]35C(=O)C[C@]3(C)[C@@H]([C@H](C)N(C)Cc6ccc(C(F)(F)F)cc6)[C@H](O)C[C@@]3(C)[C@@H]5CC[C@H]4[C@]2(C)CS1. The molecule has 5 fully saturated rings. The van der Waals surface area contributed by atoms with Gasteiger partial charge in [0.05, 0.1) is 22.8 Å². The summed E-state index contributed by atoms with van der Waals surface area (Å²) in [5, 5.41) is 13.1. The number of ketones is 1. The Hall–Kier alpha value is -1.38. The van der Waals surface area contributed by atoms with E-state index in [0.717, 1.165) is 55.6 Å².